The van der Waals surface area contributed by atoms with E-state index >= 15 is 0 Å². The van der Waals surface area contributed by atoms with Gasteiger partial charge in [0.25, 0.3) is 5.91 Å². The van der Waals surface area contributed by atoms with Crippen molar-refractivity contribution in [3.63, 3.8) is 0 Å². The first kappa shape index (κ1) is 21.8. The van der Waals surface area contributed by atoms with Gasteiger partial charge in [-0.05, 0) is 25.8 Å². The van der Waals surface area contributed by atoms with Crippen LogP contribution >= 0.6 is 0 Å². The zero-order chi connectivity index (χ0) is 24.0. The first-order chi connectivity index (χ1) is 16.4. The Morgan fingerprint density at radius 3 is 2.68 bits per heavy atom. The van der Waals surface area contributed by atoms with Gasteiger partial charge in [0.15, 0.2) is 0 Å². The van der Waals surface area contributed by atoms with Crippen molar-refractivity contribution in [2.75, 3.05) is 29.7 Å². The fourth-order valence-corrected chi connectivity index (χ4v) is 4.16. The number of nitrogens with zero attached hydrogens (tertiary/aromatic N) is 5. The lowest BCUT2D eigenvalue weighted by molar-refractivity contribution is -0.117. The van der Waals surface area contributed by atoms with Crippen molar-refractivity contribution in [1.29, 1.82) is 0 Å². The van der Waals surface area contributed by atoms with Crippen LogP contribution in [0, 0.1) is 5.92 Å². The maximum atomic E-state index is 12.6. The third-order valence-corrected chi connectivity index (χ3v) is 6.17. The molecule has 11 nitrogen and oxygen atoms in total. The van der Waals surface area contributed by atoms with Gasteiger partial charge in [-0.15, -0.1) is 0 Å². The molecule has 2 amide bonds. The standard InChI is InChI=1S/C23H26N8O3/c1-12-19-20(28-31(3)27-19)14-6-5-7-16(21(14)30(12)2)25-17-10-18(26-22(32)13-8-9-13)24-11-15(17)23(33)29-34-4/h5-7,10-13H,8-9H2,1-4H3,(H,29,33)(H2,24,25,26,32)/t12-/m0/s1. The number of rotatable bonds is 6. The summed E-state index contributed by atoms with van der Waals surface area (Å²) in [5, 5.41) is 15.3. The summed E-state index contributed by atoms with van der Waals surface area (Å²) >= 11 is 0. The fraction of sp³-hybridized carbons (Fsp3) is 0.348. The van der Waals surface area contributed by atoms with Gasteiger partial charge in [-0.2, -0.15) is 15.0 Å². The molecule has 0 spiro atoms. The van der Waals surface area contributed by atoms with Crippen molar-refractivity contribution in [2.45, 2.75) is 25.8 Å². The first-order valence-corrected chi connectivity index (χ1v) is 11.1. The summed E-state index contributed by atoms with van der Waals surface area (Å²) in [5.74, 6) is -0.114. The van der Waals surface area contributed by atoms with E-state index in [2.05, 4.69) is 43.1 Å². The molecule has 0 unspecified atom stereocenters. The number of hydroxylamine groups is 1. The minimum Gasteiger partial charge on any atom is -0.364 e. The van der Waals surface area contributed by atoms with Crippen LogP contribution in [-0.2, 0) is 16.7 Å². The predicted molar refractivity (Wildman–Crippen MR) is 127 cm³/mol. The third kappa shape index (κ3) is 3.83. The molecule has 176 valence electrons. The maximum absolute atomic E-state index is 12.6. The number of hydrogen-bond acceptors (Lipinski definition) is 8. The van der Waals surface area contributed by atoms with Crippen molar-refractivity contribution in [3.8, 4) is 11.3 Å². The number of anilines is 4. The molecule has 34 heavy (non-hydrogen) atoms. The van der Waals surface area contributed by atoms with Gasteiger partial charge in [-0.1, -0.05) is 12.1 Å². The Kier molecular flexibility index (Phi) is 5.40. The van der Waals surface area contributed by atoms with Crippen LogP contribution in [0.4, 0.5) is 22.9 Å². The number of fused-ring (bicyclic) bond motifs is 3. The van der Waals surface area contributed by atoms with Gasteiger partial charge < -0.3 is 15.5 Å². The highest BCUT2D eigenvalue weighted by Crippen LogP contribution is 2.46. The van der Waals surface area contributed by atoms with Crippen LogP contribution in [0.3, 0.4) is 0 Å². The van der Waals surface area contributed by atoms with Gasteiger partial charge in [0.2, 0.25) is 5.91 Å². The molecule has 1 saturated carbocycles. The van der Waals surface area contributed by atoms with E-state index in [1.807, 2.05) is 32.3 Å². The quantitative estimate of drug-likeness (QED) is 0.478. The number of hydrogen-bond donors (Lipinski definition) is 3. The molecule has 0 radical (unpaired) electrons. The van der Waals surface area contributed by atoms with Gasteiger partial charge in [0.1, 0.15) is 17.2 Å². The highest BCUT2D eigenvalue weighted by atomic mass is 16.6. The molecule has 3 N–H and O–H groups in total. The molecule has 0 saturated heterocycles. The first-order valence-electron chi connectivity index (χ1n) is 11.1. The van der Waals surface area contributed by atoms with Crippen LogP contribution in [0.15, 0.2) is 30.5 Å². The Morgan fingerprint density at radius 2 is 1.94 bits per heavy atom. The molecule has 3 aromatic rings. The van der Waals surface area contributed by atoms with E-state index < -0.39 is 5.91 Å². The fourth-order valence-electron chi connectivity index (χ4n) is 4.16. The molecule has 1 atom stereocenters. The van der Waals surface area contributed by atoms with Gasteiger partial charge in [-0.25, -0.2) is 10.5 Å². The van der Waals surface area contributed by atoms with Gasteiger partial charge >= 0.3 is 0 Å². The summed E-state index contributed by atoms with van der Waals surface area (Å²) in [6, 6.07) is 7.52. The third-order valence-electron chi connectivity index (χ3n) is 6.17. The van der Waals surface area contributed by atoms with E-state index in [-0.39, 0.29) is 23.4 Å². The summed E-state index contributed by atoms with van der Waals surface area (Å²) in [4.78, 5) is 37.7. The molecule has 5 rings (SSSR count). The summed E-state index contributed by atoms with van der Waals surface area (Å²) < 4.78 is 0. The minimum atomic E-state index is -0.458. The van der Waals surface area contributed by atoms with Gasteiger partial charge in [0.05, 0.1) is 35.8 Å². The molecule has 2 aromatic heterocycles. The largest absolute Gasteiger partial charge is 0.364 e. The van der Waals surface area contributed by atoms with Gasteiger partial charge in [0, 0.05) is 37.8 Å². The van der Waals surface area contributed by atoms with E-state index in [1.165, 1.54) is 13.3 Å². The second-order valence-corrected chi connectivity index (χ2v) is 8.55. The second kappa shape index (κ2) is 8.41. The van der Waals surface area contributed by atoms with Crippen LogP contribution in [0.5, 0.6) is 0 Å². The molecule has 1 aliphatic heterocycles. The lowest BCUT2D eigenvalue weighted by atomic mass is 9.96. The van der Waals surface area contributed by atoms with E-state index in [1.54, 1.807) is 10.9 Å². The second-order valence-electron chi connectivity index (χ2n) is 8.55. The number of pyridine rings is 1. The monoisotopic (exact) mass is 462 g/mol. The highest BCUT2D eigenvalue weighted by Gasteiger charge is 2.32. The molecule has 1 aromatic carbocycles. The molecule has 11 heteroatoms. The van der Waals surface area contributed by atoms with Gasteiger partial charge in [-0.3, -0.25) is 14.4 Å². The van der Waals surface area contributed by atoms with Crippen LogP contribution in [-0.4, -0.2) is 45.9 Å². The van der Waals surface area contributed by atoms with Crippen molar-refractivity contribution in [3.05, 3.63) is 41.7 Å². The van der Waals surface area contributed by atoms with Crippen molar-refractivity contribution in [1.82, 2.24) is 25.5 Å². The number of aromatic nitrogens is 4. The zero-order valence-electron chi connectivity index (χ0n) is 19.4. The Morgan fingerprint density at radius 1 is 1.15 bits per heavy atom. The van der Waals surface area contributed by atoms with Crippen LogP contribution in [0.25, 0.3) is 11.3 Å². The minimum absolute atomic E-state index is 0.00115. The Bertz CT molecular complexity index is 1280. The summed E-state index contributed by atoms with van der Waals surface area (Å²) in [7, 11) is 5.17. The van der Waals surface area contributed by atoms with Crippen molar-refractivity contribution >= 4 is 34.7 Å². The lowest BCUT2D eigenvalue weighted by Gasteiger charge is -2.34. The maximum Gasteiger partial charge on any atom is 0.278 e. The summed E-state index contributed by atoms with van der Waals surface area (Å²) in [6.07, 6.45) is 3.19. The smallest absolute Gasteiger partial charge is 0.278 e. The topological polar surface area (TPSA) is 126 Å². The predicted octanol–water partition coefficient (Wildman–Crippen LogP) is 2.77. The number of amides is 2. The molecule has 0 bridgehead atoms. The summed E-state index contributed by atoms with van der Waals surface area (Å²) in [6.45, 7) is 2.07. The van der Waals surface area contributed by atoms with Crippen molar-refractivity contribution < 1.29 is 14.4 Å². The number of benzene rings is 1. The van der Waals surface area contributed by atoms with Crippen LogP contribution in [0.1, 0.15) is 41.9 Å². The normalized spacial score (nSPS) is 16.5. The summed E-state index contributed by atoms with van der Waals surface area (Å²) in [5.41, 5.74) is 7.47. The number of aryl methyl sites for hydroxylation is 1. The molecular weight excluding hydrogens is 436 g/mol. The molecule has 2 aliphatic rings. The number of carbonyl (C=O) groups is 2. The van der Waals surface area contributed by atoms with E-state index in [0.717, 1.165) is 41.2 Å². The number of para-hydroxylation sites is 1. The average molecular weight is 463 g/mol. The molecular formula is C23H26N8O3. The molecule has 3 heterocycles. The number of nitrogens with one attached hydrogen (secondary N) is 3. The van der Waals surface area contributed by atoms with E-state index in [0.29, 0.717) is 11.5 Å². The molecule has 1 aliphatic carbocycles. The zero-order valence-corrected chi connectivity index (χ0v) is 19.4. The highest BCUT2D eigenvalue weighted by molar-refractivity contribution is 6.02. The van der Waals surface area contributed by atoms with Crippen LogP contribution < -0.4 is 21.0 Å². The van der Waals surface area contributed by atoms with Crippen LogP contribution in [0.2, 0.25) is 0 Å². The lowest BCUT2D eigenvalue weighted by Crippen LogP contribution is -2.27. The Labute approximate surface area is 196 Å². The van der Waals surface area contributed by atoms with Crippen molar-refractivity contribution in [2.24, 2.45) is 13.0 Å². The Hall–Kier alpha value is -3.99. The Balaban J connectivity index is 1.56. The van der Waals surface area contributed by atoms with E-state index in [9.17, 15) is 9.59 Å². The average Bonchev–Trinajstić information content (AvgIpc) is 3.59. The molecule has 1 fully saturated rings. The number of carbonyl (C=O) groups excluding carboxylic acids is 2. The SMILES string of the molecule is CONC(=O)c1cnc(NC(=O)C2CC2)cc1Nc1cccc2c1N(C)[C@@H](C)c1nn(C)nc1-2. The van der Waals surface area contributed by atoms with E-state index in [4.69, 9.17) is 4.84 Å².